The molecule has 2 aromatic carbocycles. The Hall–Kier alpha value is -2.33. The number of nitrogens with one attached hydrogen (secondary N) is 1. The van der Waals surface area contributed by atoms with Gasteiger partial charge in [0.1, 0.15) is 0 Å². The largest absolute Gasteiger partial charge is 0.374 e. The predicted octanol–water partition coefficient (Wildman–Crippen LogP) is 4.58. The fourth-order valence-electron chi connectivity index (χ4n) is 2.34. The lowest BCUT2D eigenvalue weighted by Crippen LogP contribution is -2.31. The molecular weight excluding hydrogens is 300 g/mol. The SMILES string of the molecule is Cc1ccccc1CN(C)C(=O)Nc1cccc(COC(C)C)c1. The summed E-state index contributed by atoms with van der Waals surface area (Å²) in [6.07, 6.45) is 0.184. The molecule has 0 aliphatic carbocycles. The quantitative estimate of drug-likeness (QED) is 0.844. The molecule has 24 heavy (non-hydrogen) atoms. The lowest BCUT2D eigenvalue weighted by molar-refractivity contribution is 0.0657. The third-order valence-corrected chi connectivity index (χ3v) is 3.78. The first-order valence-corrected chi connectivity index (χ1v) is 8.23. The Kier molecular flexibility index (Phi) is 6.38. The molecule has 128 valence electrons. The maximum Gasteiger partial charge on any atom is 0.321 e. The maximum absolute atomic E-state index is 12.4. The Labute approximate surface area is 144 Å². The molecule has 0 aromatic heterocycles. The normalized spacial score (nSPS) is 10.7. The summed E-state index contributed by atoms with van der Waals surface area (Å²) in [5, 5.41) is 2.94. The van der Waals surface area contributed by atoms with Crippen LogP contribution in [0.5, 0.6) is 0 Å². The minimum atomic E-state index is -0.125. The number of carbonyl (C=O) groups is 1. The van der Waals surface area contributed by atoms with E-state index in [2.05, 4.69) is 18.3 Å². The van der Waals surface area contributed by atoms with E-state index in [9.17, 15) is 4.79 Å². The number of aryl methyl sites for hydroxylation is 1. The molecule has 1 N–H and O–H groups in total. The number of carbonyl (C=O) groups excluding carboxylic acids is 1. The molecule has 0 aliphatic heterocycles. The van der Waals surface area contributed by atoms with Gasteiger partial charge >= 0.3 is 6.03 Å². The minimum Gasteiger partial charge on any atom is -0.374 e. The number of ether oxygens (including phenoxy) is 1. The maximum atomic E-state index is 12.4. The lowest BCUT2D eigenvalue weighted by Gasteiger charge is -2.19. The van der Waals surface area contributed by atoms with E-state index in [-0.39, 0.29) is 12.1 Å². The first kappa shape index (κ1) is 18.0. The molecule has 0 bridgehead atoms. The van der Waals surface area contributed by atoms with Gasteiger partial charge < -0.3 is 15.0 Å². The van der Waals surface area contributed by atoms with Gasteiger partial charge in [0.05, 0.1) is 12.7 Å². The summed E-state index contributed by atoms with van der Waals surface area (Å²) in [7, 11) is 1.80. The summed E-state index contributed by atoms with van der Waals surface area (Å²) in [4.78, 5) is 14.1. The second-order valence-corrected chi connectivity index (χ2v) is 6.27. The number of anilines is 1. The zero-order chi connectivity index (χ0) is 17.5. The van der Waals surface area contributed by atoms with Crippen LogP contribution in [0.3, 0.4) is 0 Å². The average molecular weight is 326 g/mol. The van der Waals surface area contributed by atoms with Crippen molar-refractivity contribution >= 4 is 11.7 Å². The molecule has 0 spiro atoms. The second-order valence-electron chi connectivity index (χ2n) is 6.27. The highest BCUT2D eigenvalue weighted by Gasteiger charge is 2.11. The van der Waals surface area contributed by atoms with Gasteiger partial charge in [0.2, 0.25) is 0 Å². The van der Waals surface area contributed by atoms with Crippen molar-refractivity contribution in [1.29, 1.82) is 0 Å². The van der Waals surface area contributed by atoms with E-state index in [1.54, 1.807) is 11.9 Å². The topological polar surface area (TPSA) is 41.6 Å². The first-order valence-electron chi connectivity index (χ1n) is 8.23. The molecule has 4 heteroatoms. The van der Waals surface area contributed by atoms with Gasteiger partial charge in [0.25, 0.3) is 0 Å². The van der Waals surface area contributed by atoms with Crippen LogP contribution in [0.15, 0.2) is 48.5 Å². The molecule has 0 radical (unpaired) electrons. The fourth-order valence-corrected chi connectivity index (χ4v) is 2.34. The van der Waals surface area contributed by atoms with Crippen molar-refractivity contribution < 1.29 is 9.53 Å². The van der Waals surface area contributed by atoms with Crippen molar-refractivity contribution in [3.63, 3.8) is 0 Å². The summed E-state index contributed by atoms with van der Waals surface area (Å²) in [6, 6.07) is 15.7. The van der Waals surface area contributed by atoms with Crippen LogP contribution in [0.25, 0.3) is 0 Å². The molecule has 0 aliphatic rings. The highest BCUT2D eigenvalue weighted by Crippen LogP contribution is 2.14. The van der Waals surface area contributed by atoms with Gasteiger partial charge in [-0.05, 0) is 49.6 Å². The Morgan fingerprint density at radius 1 is 1.17 bits per heavy atom. The van der Waals surface area contributed by atoms with Crippen molar-refractivity contribution in [2.45, 2.75) is 40.0 Å². The van der Waals surface area contributed by atoms with Gasteiger partial charge in [0.15, 0.2) is 0 Å². The Bertz CT molecular complexity index is 683. The summed E-state index contributed by atoms with van der Waals surface area (Å²) >= 11 is 0. The molecule has 2 rings (SSSR count). The van der Waals surface area contributed by atoms with Gasteiger partial charge in [-0.2, -0.15) is 0 Å². The molecule has 0 fully saturated rings. The standard InChI is InChI=1S/C20H26N2O2/c1-15(2)24-14-17-9-7-11-19(12-17)21-20(23)22(4)13-18-10-6-5-8-16(18)3/h5-12,15H,13-14H2,1-4H3,(H,21,23). The number of hydrogen-bond donors (Lipinski definition) is 1. The summed E-state index contributed by atoms with van der Waals surface area (Å²) in [6.45, 7) is 7.19. The molecule has 0 saturated carbocycles. The first-order chi connectivity index (χ1) is 11.5. The lowest BCUT2D eigenvalue weighted by atomic mass is 10.1. The number of benzene rings is 2. The molecule has 0 atom stereocenters. The van der Waals surface area contributed by atoms with Crippen molar-refractivity contribution in [2.24, 2.45) is 0 Å². The number of nitrogens with zero attached hydrogens (tertiary/aromatic N) is 1. The Balaban J connectivity index is 1.96. The number of urea groups is 1. The van der Waals surface area contributed by atoms with E-state index in [0.717, 1.165) is 16.8 Å². The second kappa shape index (κ2) is 8.50. The molecular formula is C20H26N2O2. The number of rotatable bonds is 6. The Morgan fingerprint density at radius 3 is 2.62 bits per heavy atom. The summed E-state index contributed by atoms with van der Waals surface area (Å²) in [5.41, 5.74) is 4.16. The van der Waals surface area contributed by atoms with Crippen LogP contribution in [0.1, 0.15) is 30.5 Å². The van der Waals surface area contributed by atoms with Crippen LogP contribution in [0, 0.1) is 6.92 Å². The molecule has 0 heterocycles. The van der Waals surface area contributed by atoms with Gasteiger partial charge in [-0.15, -0.1) is 0 Å². The van der Waals surface area contributed by atoms with E-state index in [1.807, 2.05) is 56.3 Å². The van der Waals surface area contributed by atoms with Crippen molar-refractivity contribution in [1.82, 2.24) is 4.90 Å². The van der Waals surface area contributed by atoms with Gasteiger partial charge in [-0.25, -0.2) is 4.79 Å². The van der Waals surface area contributed by atoms with E-state index in [0.29, 0.717) is 13.2 Å². The Morgan fingerprint density at radius 2 is 1.92 bits per heavy atom. The van der Waals surface area contributed by atoms with E-state index >= 15 is 0 Å². The minimum absolute atomic E-state index is 0.125. The van der Waals surface area contributed by atoms with E-state index < -0.39 is 0 Å². The van der Waals surface area contributed by atoms with E-state index in [4.69, 9.17) is 4.74 Å². The van der Waals surface area contributed by atoms with Crippen LogP contribution in [0.2, 0.25) is 0 Å². The highest BCUT2D eigenvalue weighted by atomic mass is 16.5. The number of hydrogen-bond acceptors (Lipinski definition) is 2. The summed E-state index contributed by atoms with van der Waals surface area (Å²) in [5.74, 6) is 0. The highest BCUT2D eigenvalue weighted by molar-refractivity contribution is 5.89. The third kappa shape index (κ3) is 5.39. The molecule has 2 aromatic rings. The van der Waals surface area contributed by atoms with Crippen LogP contribution in [-0.4, -0.2) is 24.1 Å². The zero-order valence-corrected chi connectivity index (χ0v) is 14.9. The molecule has 0 unspecified atom stereocenters. The smallest absolute Gasteiger partial charge is 0.321 e. The average Bonchev–Trinajstić information content (AvgIpc) is 2.55. The van der Waals surface area contributed by atoms with Crippen molar-refractivity contribution in [3.05, 3.63) is 65.2 Å². The third-order valence-electron chi connectivity index (χ3n) is 3.78. The van der Waals surface area contributed by atoms with E-state index in [1.165, 1.54) is 5.56 Å². The molecule has 4 nitrogen and oxygen atoms in total. The molecule has 2 amide bonds. The fraction of sp³-hybridized carbons (Fsp3) is 0.350. The van der Waals surface area contributed by atoms with Crippen LogP contribution < -0.4 is 5.32 Å². The van der Waals surface area contributed by atoms with Crippen LogP contribution in [0.4, 0.5) is 10.5 Å². The monoisotopic (exact) mass is 326 g/mol. The molecule has 0 saturated heterocycles. The van der Waals surface area contributed by atoms with Gasteiger partial charge in [-0.3, -0.25) is 0 Å². The van der Waals surface area contributed by atoms with Crippen molar-refractivity contribution in [3.8, 4) is 0 Å². The van der Waals surface area contributed by atoms with Gasteiger partial charge in [-0.1, -0.05) is 36.4 Å². The predicted molar refractivity (Wildman–Crippen MR) is 98.0 cm³/mol. The number of amides is 2. The summed E-state index contributed by atoms with van der Waals surface area (Å²) < 4.78 is 5.60. The zero-order valence-electron chi connectivity index (χ0n) is 14.9. The van der Waals surface area contributed by atoms with Crippen molar-refractivity contribution in [2.75, 3.05) is 12.4 Å². The van der Waals surface area contributed by atoms with Gasteiger partial charge in [0, 0.05) is 19.3 Å². The van der Waals surface area contributed by atoms with Crippen LogP contribution >= 0.6 is 0 Å². The van der Waals surface area contributed by atoms with Crippen LogP contribution in [-0.2, 0) is 17.9 Å².